The third-order valence-electron chi connectivity index (χ3n) is 3.29. The molecule has 1 fully saturated rings. The Morgan fingerprint density at radius 3 is 2.50 bits per heavy atom. The van der Waals surface area contributed by atoms with Crippen molar-refractivity contribution in [3.63, 3.8) is 0 Å². The lowest BCUT2D eigenvalue weighted by Gasteiger charge is -2.34. The first-order valence-electron chi connectivity index (χ1n) is 6.56. The monoisotopic (exact) mass is 302 g/mol. The van der Waals surface area contributed by atoms with Crippen LogP contribution in [0.15, 0.2) is 29.2 Å². The molecule has 1 unspecified atom stereocenters. The number of hydrogen-bond donors (Lipinski definition) is 1. The van der Waals surface area contributed by atoms with E-state index in [-0.39, 0.29) is 4.90 Å². The normalized spacial score (nSPS) is 19.9. The Hall–Kier alpha value is -1.02. The molecule has 1 aliphatic rings. The molecule has 2 rings (SSSR count). The first-order chi connectivity index (χ1) is 9.39. The number of nitrogens with zero attached hydrogens (tertiary/aromatic N) is 2. The minimum Gasteiger partial charge on any atom is -0.392 e. The van der Waals surface area contributed by atoms with E-state index >= 15 is 0 Å². The lowest BCUT2D eigenvalue weighted by Crippen LogP contribution is -2.50. The Balaban J connectivity index is 2.06. The van der Waals surface area contributed by atoms with Crippen LogP contribution < -0.4 is 0 Å². The molecule has 0 spiro atoms. The van der Waals surface area contributed by atoms with Crippen LogP contribution in [-0.2, 0) is 10.0 Å². The highest BCUT2D eigenvalue weighted by Crippen LogP contribution is 2.18. The lowest BCUT2D eigenvalue weighted by molar-refractivity contribution is 0.103. The van der Waals surface area contributed by atoms with E-state index in [2.05, 4.69) is 0 Å². The van der Waals surface area contributed by atoms with Crippen molar-refractivity contribution in [3.05, 3.63) is 30.1 Å². The maximum absolute atomic E-state index is 13.2. The zero-order valence-electron chi connectivity index (χ0n) is 11.4. The average Bonchev–Trinajstić information content (AvgIpc) is 2.38. The van der Waals surface area contributed by atoms with E-state index in [1.165, 1.54) is 22.5 Å². The van der Waals surface area contributed by atoms with Crippen LogP contribution in [-0.4, -0.2) is 61.6 Å². The maximum atomic E-state index is 13.2. The van der Waals surface area contributed by atoms with Gasteiger partial charge in [-0.3, -0.25) is 4.90 Å². The summed E-state index contributed by atoms with van der Waals surface area (Å²) in [5, 5.41) is 9.32. The molecule has 1 atom stereocenters. The van der Waals surface area contributed by atoms with Crippen LogP contribution in [0.5, 0.6) is 0 Å². The second kappa shape index (κ2) is 6.17. The molecule has 20 heavy (non-hydrogen) atoms. The molecule has 1 heterocycles. The van der Waals surface area contributed by atoms with Gasteiger partial charge in [-0.15, -0.1) is 0 Å². The Morgan fingerprint density at radius 2 is 1.95 bits per heavy atom. The predicted molar refractivity (Wildman–Crippen MR) is 73.3 cm³/mol. The molecule has 7 heteroatoms. The van der Waals surface area contributed by atoms with E-state index in [4.69, 9.17) is 0 Å². The molecule has 112 valence electrons. The van der Waals surface area contributed by atoms with Gasteiger partial charge in [0, 0.05) is 32.7 Å². The first kappa shape index (κ1) is 15.4. The van der Waals surface area contributed by atoms with Crippen molar-refractivity contribution in [2.24, 2.45) is 0 Å². The zero-order chi connectivity index (χ0) is 14.8. The number of sulfonamides is 1. The summed E-state index contributed by atoms with van der Waals surface area (Å²) in [6.45, 7) is 4.08. The van der Waals surface area contributed by atoms with Crippen LogP contribution >= 0.6 is 0 Å². The molecule has 0 saturated carbocycles. The molecule has 1 aliphatic heterocycles. The first-order valence-corrected chi connectivity index (χ1v) is 8.00. The molecule has 0 aromatic heterocycles. The quantitative estimate of drug-likeness (QED) is 0.880. The number of aliphatic hydroxyl groups is 1. The number of hydrogen-bond acceptors (Lipinski definition) is 4. The highest BCUT2D eigenvalue weighted by molar-refractivity contribution is 7.89. The van der Waals surface area contributed by atoms with Gasteiger partial charge in [-0.25, -0.2) is 12.8 Å². The maximum Gasteiger partial charge on any atom is 0.243 e. The highest BCUT2D eigenvalue weighted by Gasteiger charge is 2.28. The van der Waals surface area contributed by atoms with Gasteiger partial charge in [-0.1, -0.05) is 6.07 Å². The molecule has 1 N–H and O–H groups in total. The van der Waals surface area contributed by atoms with Crippen LogP contribution in [0.3, 0.4) is 0 Å². The van der Waals surface area contributed by atoms with Gasteiger partial charge >= 0.3 is 0 Å². The number of halogens is 1. The molecule has 1 saturated heterocycles. The summed E-state index contributed by atoms with van der Waals surface area (Å²) >= 11 is 0. The predicted octanol–water partition coefficient (Wildman–Crippen LogP) is 0.513. The standard InChI is InChI=1S/C13H19FN2O3S/c1-11(17)10-15-5-7-16(8-6-15)20(18,19)13-4-2-3-12(14)9-13/h2-4,9,11,17H,5-8,10H2,1H3. The molecule has 0 aliphatic carbocycles. The number of benzene rings is 1. The molecular formula is C13H19FN2O3S. The summed E-state index contributed by atoms with van der Waals surface area (Å²) < 4.78 is 39.2. The van der Waals surface area contributed by atoms with Gasteiger partial charge < -0.3 is 5.11 Å². The molecule has 0 amide bonds. The van der Waals surface area contributed by atoms with E-state index in [0.29, 0.717) is 32.7 Å². The average molecular weight is 302 g/mol. The lowest BCUT2D eigenvalue weighted by atomic mass is 10.3. The third kappa shape index (κ3) is 3.54. The summed E-state index contributed by atoms with van der Waals surface area (Å²) in [5.41, 5.74) is 0. The van der Waals surface area contributed by atoms with Crippen LogP contribution in [0.4, 0.5) is 4.39 Å². The Kier molecular flexibility index (Phi) is 4.74. The van der Waals surface area contributed by atoms with Crippen LogP contribution in [0, 0.1) is 5.82 Å². The molecule has 5 nitrogen and oxygen atoms in total. The SMILES string of the molecule is CC(O)CN1CCN(S(=O)(=O)c2cccc(F)c2)CC1. The van der Waals surface area contributed by atoms with Crippen molar-refractivity contribution < 1.29 is 17.9 Å². The van der Waals surface area contributed by atoms with Crippen LogP contribution in [0.25, 0.3) is 0 Å². The fraction of sp³-hybridized carbons (Fsp3) is 0.538. The van der Waals surface area contributed by atoms with Gasteiger partial charge in [-0.05, 0) is 25.1 Å². The van der Waals surface area contributed by atoms with Crippen molar-refractivity contribution >= 4 is 10.0 Å². The number of piperazine rings is 1. The molecule has 1 aromatic rings. The summed E-state index contributed by atoms with van der Waals surface area (Å²) in [5.74, 6) is -0.557. The number of aliphatic hydroxyl groups excluding tert-OH is 1. The summed E-state index contributed by atoms with van der Waals surface area (Å²) in [7, 11) is -3.63. The van der Waals surface area contributed by atoms with E-state index in [1.54, 1.807) is 6.92 Å². The third-order valence-corrected chi connectivity index (χ3v) is 5.18. The van der Waals surface area contributed by atoms with Crippen molar-refractivity contribution in [2.75, 3.05) is 32.7 Å². The van der Waals surface area contributed by atoms with Gasteiger partial charge in [0.25, 0.3) is 0 Å². The van der Waals surface area contributed by atoms with E-state index in [1.807, 2.05) is 4.90 Å². The van der Waals surface area contributed by atoms with Gasteiger partial charge in [0.15, 0.2) is 0 Å². The minimum absolute atomic E-state index is 0.0125. The van der Waals surface area contributed by atoms with Crippen molar-refractivity contribution in [1.29, 1.82) is 0 Å². The van der Waals surface area contributed by atoms with Gasteiger partial charge in [0.05, 0.1) is 11.0 Å². The smallest absolute Gasteiger partial charge is 0.243 e. The fourth-order valence-corrected chi connectivity index (χ4v) is 3.76. The number of rotatable bonds is 4. The van der Waals surface area contributed by atoms with Gasteiger partial charge in [0.1, 0.15) is 5.82 Å². The van der Waals surface area contributed by atoms with Crippen molar-refractivity contribution in [1.82, 2.24) is 9.21 Å². The number of β-amino-alcohol motifs (C(OH)–C–C–N with tert-alkyl or cyclic N) is 1. The Labute approximate surface area is 118 Å². The highest BCUT2D eigenvalue weighted by atomic mass is 32.2. The van der Waals surface area contributed by atoms with Crippen molar-refractivity contribution in [2.45, 2.75) is 17.9 Å². The summed E-state index contributed by atoms with van der Waals surface area (Å²) in [6.07, 6.45) is -0.429. The van der Waals surface area contributed by atoms with Crippen molar-refractivity contribution in [3.8, 4) is 0 Å². The van der Waals surface area contributed by atoms with Crippen LogP contribution in [0.2, 0.25) is 0 Å². The van der Waals surface area contributed by atoms with E-state index in [0.717, 1.165) is 6.07 Å². The summed E-state index contributed by atoms with van der Waals surface area (Å²) in [4.78, 5) is 2.00. The Morgan fingerprint density at radius 1 is 1.30 bits per heavy atom. The largest absolute Gasteiger partial charge is 0.392 e. The molecule has 0 radical (unpaired) electrons. The van der Waals surface area contributed by atoms with E-state index in [9.17, 15) is 17.9 Å². The molecule has 0 bridgehead atoms. The van der Waals surface area contributed by atoms with E-state index < -0.39 is 21.9 Å². The van der Waals surface area contributed by atoms with Crippen LogP contribution in [0.1, 0.15) is 6.92 Å². The second-order valence-electron chi connectivity index (χ2n) is 5.01. The topological polar surface area (TPSA) is 60.9 Å². The Bertz CT molecular complexity index is 554. The van der Waals surface area contributed by atoms with Gasteiger partial charge in [0.2, 0.25) is 10.0 Å². The zero-order valence-corrected chi connectivity index (χ0v) is 12.2. The van der Waals surface area contributed by atoms with Gasteiger partial charge in [-0.2, -0.15) is 4.31 Å². The molecule has 1 aromatic carbocycles. The minimum atomic E-state index is -3.63. The molecular weight excluding hydrogens is 283 g/mol. The second-order valence-corrected chi connectivity index (χ2v) is 6.95. The summed E-state index contributed by atoms with van der Waals surface area (Å²) in [6, 6.07) is 5.06. The fourth-order valence-electron chi connectivity index (χ4n) is 2.30.